The van der Waals surface area contributed by atoms with Gasteiger partial charge in [-0.2, -0.15) is 0 Å². The molecule has 3 aromatic rings. The molecule has 29 heavy (non-hydrogen) atoms. The van der Waals surface area contributed by atoms with Gasteiger partial charge in [-0.05, 0) is 55.5 Å². The first-order chi connectivity index (χ1) is 14.1. The molecule has 0 spiro atoms. The molecule has 0 saturated heterocycles. The zero-order chi connectivity index (χ0) is 20.2. The van der Waals surface area contributed by atoms with Gasteiger partial charge in [0.05, 0.1) is 13.7 Å². The average molecular weight is 389 g/mol. The molecule has 1 aliphatic carbocycles. The van der Waals surface area contributed by atoms with E-state index < -0.39 is 0 Å². The van der Waals surface area contributed by atoms with Gasteiger partial charge >= 0.3 is 0 Å². The van der Waals surface area contributed by atoms with Crippen molar-refractivity contribution in [1.82, 2.24) is 14.5 Å². The van der Waals surface area contributed by atoms with E-state index in [1.807, 2.05) is 60.5 Å². The van der Waals surface area contributed by atoms with Gasteiger partial charge in [0.25, 0.3) is 5.91 Å². The van der Waals surface area contributed by atoms with Crippen molar-refractivity contribution in [1.29, 1.82) is 0 Å². The highest BCUT2D eigenvalue weighted by Crippen LogP contribution is 2.30. The SMILES string of the molecule is COc1cccc(Cn2ccnc2CN(CC2CC2)C(=O)c2ccc(C)cc2)c1. The Labute approximate surface area is 171 Å². The molecule has 1 aliphatic rings. The summed E-state index contributed by atoms with van der Waals surface area (Å²) in [5.41, 5.74) is 3.04. The molecular formula is C24H27N3O2. The zero-order valence-corrected chi connectivity index (χ0v) is 17.0. The van der Waals surface area contributed by atoms with Crippen LogP contribution in [-0.4, -0.2) is 34.0 Å². The van der Waals surface area contributed by atoms with E-state index in [0.717, 1.165) is 34.8 Å². The fourth-order valence-corrected chi connectivity index (χ4v) is 3.48. The molecule has 4 rings (SSSR count). The van der Waals surface area contributed by atoms with Gasteiger partial charge < -0.3 is 14.2 Å². The molecule has 5 heteroatoms. The van der Waals surface area contributed by atoms with Gasteiger partial charge in [-0.15, -0.1) is 0 Å². The fourth-order valence-electron chi connectivity index (χ4n) is 3.48. The van der Waals surface area contributed by atoms with E-state index in [2.05, 4.69) is 15.6 Å². The van der Waals surface area contributed by atoms with E-state index in [-0.39, 0.29) is 5.91 Å². The van der Waals surface area contributed by atoms with E-state index in [0.29, 0.717) is 19.0 Å². The lowest BCUT2D eigenvalue weighted by Crippen LogP contribution is -2.33. The van der Waals surface area contributed by atoms with Crippen LogP contribution in [0.1, 0.15) is 40.2 Å². The highest BCUT2D eigenvalue weighted by molar-refractivity contribution is 5.94. The molecule has 0 aliphatic heterocycles. The van der Waals surface area contributed by atoms with Crippen molar-refractivity contribution in [3.05, 3.63) is 83.4 Å². The first-order valence-electron chi connectivity index (χ1n) is 10.1. The van der Waals surface area contributed by atoms with Crippen LogP contribution in [0.15, 0.2) is 60.9 Å². The third-order valence-electron chi connectivity index (χ3n) is 5.38. The second kappa shape index (κ2) is 8.52. The summed E-state index contributed by atoms with van der Waals surface area (Å²) in [6, 6.07) is 15.9. The van der Waals surface area contributed by atoms with Crippen LogP contribution in [0, 0.1) is 12.8 Å². The summed E-state index contributed by atoms with van der Waals surface area (Å²) in [7, 11) is 1.67. The summed E-state index contributed by atoms with van der Waals surface area (Å²) in [4.78, 5) is 19.7. The number of carbonyl (C=O) groups excluding carboxylic acids is 1. The molecule has 1 saturated carbocycles. The van der Waals surface area contributed by atoms with Crippen LogP contribution < -0.4 is 4.74 Å². The quantitative estimate of drug-likeness (QED) is 0.577. The Bertz CT molecular complexity index is 974. The fraction of sp³-hybridized carbons (Fsp3) is 0.333. The van der Waals surface area contributed by atoms with Crippen LogP contribution in [0.5, 0.6) is 5.75 Å². The Morgan fingerprint density at radius 3 is 2.72 bits per heavy atom. The van der Waals surface area contributed by atoms with Crippen molar-refractivity contribution >= 4 is 5.91 Å². The van der Waals surface area contributed by atoms with Crippen molar-refractivity contribution in [2.75, 3.05) is 13.7 Å². The van der Waals surface area contributed by atoms with E-state index in [1.165, 1.54) is 12.8 Å². The number of hydrogen-bond acceptors (Lipinski definition) is 3. The van der Waals surface area contributed by atoms with Crippen molar-refractivity contribution in [2.45, 2.75) is 32.9 Å². The van der Waals surface area contributed by atoms with Gasteiger partial charge in [-0.25, -0.2) is 4.98 Å². The molecule has 0 atom stereocenters. The summed E-state index contributed by atoms with van der Waals surface area (Å²) >= 11 is 0. The summed E-state index contributed by atoms with van der Waals surface area (Å²) < 4.78 is 7.44. The number of benzene rings is 2. The van der Waals surface area contributed by atoms with Crippen molar-refractivity contribution in [3.8, 4) is 5.75 Å². The van der Waals surface area contributed by atoms with Crippen LogP contribution in [0.4, 0.5) is 0 Å². The third kappa shape index (κ3) is 4.86. The maximum absolute atomic E-state index is 13.2. The van der Waals surface area contributed by atoms with E-state index in [4.69, 9.17) is 4.74 Å². The molecule has 0 radical (unpaired) electrons. The lowest BCUT2D eigenvalue weighted by atomic mass is 10.1. The maximum atomic E-state index is 13.2. The Balaban J connectivity index is 1.53. The van der Waals surface area contributed by atoms with Gasteiger partial charge in [-0.1, -0.05) is 29.8 Å². The van der Waals surface area contributed by atoms with Crippen LogP contribution in [0.25, 0.3) is 0 Å². The Morgan fingerprint density at radius 2 is 2.00 bits per heavy atom. The smallest absolute Gasteiger partial charge is 0.254 e. The molecular weight excluding hydrogens is 362 g/mol. The Hall–Kier alpha value is -3.08. The minimum Gasteiger partial charge on any atom is -0.497 e. The molecule has 5 nitrogen and oxygen atoms in total. The number of aryl methyl sites for hydroxylation is 1. The highest BCUT2D eigenvalue weighted by Gasteiger charge is 2.28. The monoisotopic (exact) mass is 389 g/mol. The number of rotatable bonds is 8. The minimum absolute atomic E-state index is 0.0767. The molecule has 0 bridgehead atoms. The second-order valence-electron chi connectivity index (χ2n) is 7.82. The Morgan fingerprint density at radius 1 is 1.21 bits per heavy atom. The summed E-state index contributed by atoms with van der Waals surface area (Å²) in [5, 5.41) is 0. The number of amides is 1. The summed E-state index contributed by atoms with van der Waals surface area (Å²) in [5.74, 6) is 2.43. The standard InChI is InChI=1S/C24H27N3O2/c1-18-6-10-21(11-7-18)24(28)27(15-19-8-9-19)17-23-25-12-13-26(23)16-20-4-3-5-22(14-20)29-2/h3-7,10-14,19H,8-9,15-17H2,1-2H3. The lowest BCUT2D eigenvalue weighted by molar-refractivity contribution is 0.0729. The lowest BCUT2D eigenvalue weighted by Gasteiger charge is -2.23. The molecule has 150 valence electrons. The molecule has 1 fully saturated rings. The number of nitrogens with zero attached hydrogens (tertiary/aromatic N) is 3. The third-order valence-corrected chi connectivity index (χ3v) is 5.38. The number of ether oxygens (including phenoxy) is 1. The van der Waals surface area contributed by atoms with E-state index >= 15 is 0 Å². The summed E-state index contributed by atoms with van der Waals surface area (Å²) in [6.45, 7) is 4.03. The van der Waals surface area contributed by atoms with E-state index in [1.54, 1.807) is 13.3 Å². The molecule has 1 amide bonds. The molecule has 1 heterocycles. The molecule has 2 aromatic carbocycles. The van der Waals surface area contributed by atoms with Gasteiger partial charge in [0.15, 0.2) is 0 Å². The number of imidazole rings is 1. The summed E-state index contributed by atoms with van der Waals surface area (Å²) in [6.07, 6.45) is 6.19. The molecule has 0 N–H and O–H groups in total. The maximum Gasteiger partial charge on any atom is 0.254 e. The van der Waals surface area contributed by atoms with Crippen molar-refractivity contribution in [2.24, 2.45) is 5.92 Å². The number of methoxy groups -OCH3 is 1. The van der Waals surface area contributed by atoms with E-state index in [9.17, 15) is 4.79 Å². The van der Waals surface area contributed by atoms with Crippen molar-refractivity contribution < 1.29 is 9.53 Å². The Kier molecular flexibility index (Phi) is 5.65. The average Bonchev–Trinajstić information content (AvgIpc) is 3.46. The normalized spacial score (nSPS) is 13.3. The van der Waals surface area contributed by atoms with Crippen LogP contribution >= 0.6 is 0 Å². The van der Waals surface area contributed by atoms with Gasteiger partial charge in [0, 0.05) is 31.0 Å². The van der Waals surface area contributed by atoms with Crippen LogP contribution in [-0.2, 0) is 13.1 Å². The molecule has 0 unspecified atom stereocenters. The predicted molar refractivity (Wildman–Crippen MR) is 113 cm³/mol. The first-order valence-corrected chi connectivity index (χ1v) is 10.1. The zero-order valence-electron chi connectivity index (χ0n) is 17.0. The first kappa shape index (κ1) is 19.2. The van der Waals surface area contributed by atoms with Gasteiger partial charge in [0.1, 0.15) is 11.6 Å². The largest absolute Gasteiger partial charge is 0.497 e. The number of carbonyl (C=O) groups is 1. The molecule has 1 aromatic heterocycles. The highest BCUT2D eigenvalue weighted by atomic mass is 16.5. The number of hydrogen-bond donors (Lipinski definition) is 0. The van der Waals surface area contributed by atoms with Crippen LogP contribution in [0.2, 0.25) is 0 Å². The predicted octanol–water partition coefficient (Wildman–Crippen LogP) is 4.30. The minimum atomic E-state index is 0.0767. The van der Waals surface area contributed by atoms with Gasteiger partial charge in [0.2, 0.25) is 0 Å². The topological polar surface area (TPSA) is 47.4 Å². The second-order valence-corrected chi connectivity index (χ2v) is 7.82. The number of aromatic nitrogens is 2. The van der Waals surface area contributed by atoms with Crippen LogP contribution in [0.3, 0.4) is 0 Å². The van der Waals surface area contributed by atoms with Gasteiger partial charge in [-0.3, -0.25) is 4.79 Å². The van der Waals surface area contributed by atoms with Crippen molar-refractivity contribution in [3.63, 3.8) is 0 Å².